The second-order valence-corrected chi connectivity index (χ2v) is 8.19. The number of nitrogens with zero attached hydrogens (tertiary/aromatic N) is 3. The number of esters is 1. The number of aromatic nitrogens is 1. The summed E-state index contributed by atoms with van der Waals surface area (Å²) in [5.74, 6) is -2.62. The van der Waals surface area contributed by atoms with Crippen LogP contribution in [0.2, 0.25) is 0 Å². The molecule has 7 nitrogen and oxygen atoms in total. The van der Waals surface area contributed by atoms with E-state index in [2.05, 4.69) is 9.88 Å². The van der Waals surface area contributed by atoms with Crippen LogP contribution in [0.5, 0.6) is 0 Å². The van der Waals surface area contributed by atoms with E-state index in [0.717, 1.165) is 30.5 Å². The molecule has 1 aliphatic heterocycles. The Morgan fingerprint density at radius 1 is 1.19 bits per heavy atom. The number of thiazole rings is 1. The summed E-state index contributed by atoms with van der Waals surface area (Å²) in [4.78, 5) is 33.6. The minimum absolute atomic E-state index is 0.00294. The zero-order chi connectivity index (χ0) is 22.7. The molecule has 1 aromatic heterocycles. The molecule has 1 fully saturated rings. The van der Waals surface area contributed by atoms with E-state index in [1.807, 2.05) is 0 Å². The van der Waals surface area contributed by atoms with Crippen molar-refractivity contribution in [2.75, 3.05) is 51.4 Å². The van der Waals surface area contributed by atoms with Gasteiger partial charge in [0.2, 0.25) is 0 Å². The summed E-state index contributed by atoms with van der Waals surface area (Å²) in [6.45, 7) is 3.43. The summed E-state index contributed by atoms with van der Waals surface area (Å²) in [6.07, 6.45) is 0. The Morgan fingerprint density at radius 2 is 1.91 bits per heavy atom. The molecule has 0 saturated carbocycles. The Kier molecular flexibility index (Phi) is 6.73. The molecule has 4 rings (SSSR count). The summed E-state index contributed by atoms with van der Waals surface area (Å²) in [5, 5.41) is 0.224. The van der Waals surface area contributed by atoms with E-state index in [4.69, 9.17) is 9.47 Å². The topological polar surface area (TPSA) is 72.0 Å². The van der Waals surface area contributed by atoms with E-state index in [-0.39, 0.29) is 28.3 Å². The molecule has 1 saturated heterocycles. The number of hydrogen-bond donors (Lipinski definition) is 0. The number of rotatable bonds is 6. The molecule has 168 valence electrons. The smallest absolute Gasteiger partial charge is 0.338 e. The number of halogens is 2. The van der Waals surface area contributed by atoms with Gasteiger partial charge in [-0.25, -0.2) is 18.6 Å². The Bertz CT molecular complexity index is 1150. The molecule has 0 radical (unpaired) electrons. The molecule has 2 aromatic carbocycles. The van der Waals surface area contributed by atoms with Gasteiger partial charge in [-0.1, -0.05) is 23.5 Å². The summed E-state index contributed by atoms with van der Waals surface area (Å²) < 4.78 is 38.4. The van der Waals surface area contributed by atoms with Crippen molar-refractivity contribution in [2.24, 2.45) is 0 Å². The molecule has 1 amide bonds. The quantitative estimate of drug-likeness (QED) is 0.525. The highest BCUT2D eigenvalue weighted by Crippen LogP contribution is 2.32. The molecule has 32 heavy (non-hydrogen) atoms. The standard InChI is InChI=1S/C22H21F2N3O4S/c1-30-21(29)16-5-3-2-4-15(16)20(28)27(7-6-26-8-10-31-11-9-26)22-25-19-17(24)12-14(23)13-18(19)32-22/h2-5,12-13H,6-11H2,1H3. The predicted octanol–water partition coefficient (Wildman–Crippen LogP) is 3.34. The average molecular weight is 461 g/mol. The fourth-order valence-corrected chi connectivity index (χ4v) is 4.54. The molecular weight excluding hydrogens is 440 g/mol. The lowest BCUT2D eigenvalue weighted by molar-refractivity contribution is 0.0390. The first-order valence-electron chi connectivity index (χ1n) is 10.0. The lowest BCUT2D eigenvalue weighted by Crippen LogP contribution is -2.43. The summed E-state index contributed by atoms with van der Waals surface area (Å²) in [6, 6.07) is 8.27. The summed E-state index contributed by atoms with van der Waals surface area (Å²) >= 11 is 1.02. The second-order valence-electron chi connectivity index (χ2n) is 7.18. The number of fused-ring (bicyclic) bond motifs is 1. The van der Waals surface area contributed by atoms with Gasteiger partial charge in [0.1, 0.15) is 11.3 Å². The van der Waals surface area contributed by atoms with E-state index >= 15 is 0 Å². The van der Waals surface area contributed by atoms with E-state index in [1.165, 1.54) is 30.2 Å². The molecule has 1 aliphatic rings. The SMILES string of the molecule is COC(=O)c1ccccc1C(=O)N(CCN1CCOCC1)c1nc2c(F)cc(F)cc2s1. The number of morpholine rings is 1. The molecule has 0 aliphatic carbocycles. The van der Waals surface area contributed by atoms with Crippen molar-refractivity contribution in [1.29, 1.82) is 0 Å². The highest BCUT2D eigenvalue weighted by molar-refractivity contribution is 7.22. The average Bonchev–Trinajstić information content (AvgIpc) is 3.23. The van der Waals surface area contributed by atoms with Gasteiger partial charge in [0.25, 0.3) is 5.91 Å². The maximum absolute atomic E-state index is 14.3. The largest absolute Gasteiger partial charge is 0.465 e. The first-order valence-corrected chi connectivity index (χ1v) is 10.8. The van der Waals surface area contributed by atoms with E-state index < -0.39 is 23.5 Å². The zero-order valence-electron chi connectivity index (χ0n) is 17.3. The Hall–Kier alpha value is -2.95. The van der Waals surface area contributed by atoms with Crippen LogP contribution in [0, 0.1) is 11.6 Å². The van der Waals surface area contributed by atoms with Gasteiger partial charge < -0.3 is 9.47 Å². The number of amides is 1. The zero-order valence-corrected chi connectivity index (χ0v) is 18.2. The van der Waals surface area contributed by atoms with Crippen molar-refractivity contribution in [3.63, 3.8) is 0 Å². The Balaban J connectivity index is 1.72. The number of carbonyl (C=O) groups excluding carboxylic acids is 2. The van der Waals surface area contributed by atoms with Crippen molar-refractivity contribution in [3.05, 3.63) is 59.2 Å². The fourth-order valence-electron chi connectivity index (χ4n) is 3.51. The van der Waals surface area contributed by atoms with Gasteiger partial charge in [-0.2, -0.15) is 0 Å². The maximum atomic E-state index is 14.3. The van der Waals surface area contributed by atoms with Crippen LogP contribution in [0.4, 0.5) is 13.9 Å². The summed E-state index contributed by atoms with van der Waals surface area (Å²) in [7, 11) is 1.24. The highest BCUT2D eigenvalue weighted by atomic mass is 32.1. The van der Waals surface area contributed by atoms with Gasteiger partial charge in [-0.15, -0.1) is 0 Å². The van der Waals surface area contributed by atoms with Crippen molar-refractivity contribution in [3.8, 4) is 0 Å². The van der Waals surface area contributed by atoms with Crippen molar-refractivity contribution in [1.82, 2.24) is 9.88 Å². The lowest BCUT2D eigenvalue weighted by atomic mass is 10.1. The van der Waals surface area contributed by atoms with Crippen LogP contribution in [0.1, 0.15) is 20.7 Å². The van der Waals surface area contributed by atoms with Crippen LogP contribution in [0.25, 0.3) is 10.2 Å². The molecule has 0 unspecified atom stereocenters. The lowest BCUT2D eigenvalue weighted by Gasteiger charge is -2.29. The highest BCUT2D eigenvalue weighted by Gasteiger charge is 2.27. The monoisotopic (exact) mass is 461 g/mol. The summed E-state index contributed by atoms with van der Waals surface area (Å²) in [5.41, 5.74) is 0.263. The van der Waals surface area contributed by atoms with Gasteiger partial charge in [-0.05, 0) is 18.2 Å². The molecule has 0 spiro atoms. The number of methoxy groups -OCH3 is 1. The van der Waals surface area contributed by atoms with E-state index in [0.29, 0.717) is 24.5 Å². The first kappa shape index (κ1) is 22.3. The van der Waals surface area contributed by atoms with Crippen LogP contribution >= 0.6 is 11.3 Å². The third-order valence-electron chi connectivity index (χ3n) is 5.18. The number of anilines is 1. The van der Waals surface area contributed by atoms with Crippen molar-refractivity contribution >= 4 is 38.6 Å². The minimum Gasteiger partial charge on any atom is -0.465 e. The van der Waals surface area contributed by atoms with Crippen molar-refractivity contribution < 1.29 is 27.8 Å². The Labute approximate surface area is 187 Å². The molecule has 0 N–H and O–H groups in total. The normalized spacial score (nSPS) is 14.5. The number of hydrogen-bond acceptors (Lipinski definition) is 7. The van der Waals surface area contributed by atoms with Crippen LogP contribution in [0.15, 0.2) is 36.4 Å². The molecule has 0 atom stereocenters. The fraction of sp³-hybridized carbons (Fsp3) is 0.318. The predicted molar refractivity (Wildman–Crippen MR) is 116 cm³/mol. The molecule has 3 aromatic rings. The maximum Gasteiger partial charge on any atom is 0.338 e. The third kappa shape index (κ3) is 4.62. The van der Waals surface area contributed by atoms with Crippen LogP contribution < -0.4 is 4.90 Å². The van der Waals surface area contributed by atoms with E-state index in [9.17, 15) is 18.4 Å². The molecule has 10 heteroatoms. The number of ether oxygens (including phenoxy) is 2. The van der Waals surface area contributed by atoms with Gasteiger partial charge in [0, 0.05) is 32.2 Å². The number of benzene rings is 2. The van der Waals surface area contributed by atoms with Crippen molar-refractivity contribution in [2.45, 2.75) is 0 Å². The Morgan fingerprint density at radius 3 is 2.62 bits per heavy atom. The van der Waals surface area contributed by atoms with Gasteiger partial charge in [-0.3, -0.25) is 14.6 Å². The minimum atomic E-state index is -0.793. The number of carbonyl (C=O) groups is 2. The van der Waals surface area contributed by atoms with Gasteiger partial charge >= 0.3 is 5.97 Å². The van der Waals surface area contributed by atoms with Crippen LogP contribution in [-0.4, -0.2) is 68.3 Å². The first-order chi connectivity index (χ1) is 15.5. The van der Waals surface area contributed by atoms with Gasteiger partial charge in [0.05, 0.1) is 36.2 Å². The van der Waals surface area contributed by atoms with Crippen LogP contribution in [-0.2, 0) is 9.47 Å². The molecule has 2 heterocycles. The molecular formula is C22H21F2N3O4S. The van der Waals surface area contributed by atoms with Crippen LogP contribution in [0.3, 0.4) is 0 Å². The molecule has 0 bridgehead atoms. The van der Waals surface area contributed by atoms with Gasteiger partial charge in [0.15, 0.2) is 10.9 Å². The third-order valence-corrected chi connectivity index (χ3v) is 6.21. The van der Waals surface area contributed by atoms with E-state index in [1.54, 1.807) is 12.1 Å². The second kappa shape index (κ2) is 9.68.